The summed E-state index contributed by atoms with van der Waals surface area (Å²) >= 11 is 0. The molecule has 0 aliphatic carbocycles. The SMILES string of the molecule is FC(F)(F)c1cccnc1N1CC2CN(c3ncnc4ccccc34)CC2C1. The van der Waals surface area contributed by atoms with E-state index in [-0.39, 0.29) is 17.7 Å². The molecule has 1 aromatic carbocycles. The molecular weight excluding hydrogens is 367 g/mol. The van der Waals surface area contributed by atoms with Crippen molar-refractivity contribution in [3.8, 4) is 0 Å². The maximum atomic E-state index is 13.3. The largest absolute Gasteiger partial charge is 0.419 e. The molecule has 0 amide bonds. The summed E-state index contributed by atoms with van der Waals surface area (Å²) in [7, 11) is 0. The first-order chi connectivity index (χ1) is 13.5. The normalized spacial score (nSPS) is 22.1. The second-order valence-electron chi connectivity index (χ2n) is 7.42. The summed E-state index contributed by atoms with van der Waals surface area (Å²) in [6.45, 7) is 2.70. The summed E-state index contributed by atoms with van der Waals surface area (Å²) in [5, 5.41) is 1.01. The molecule has 0 radical (unpaired) electrons. The number of alkyl halides is 3. The van der Waals surface area contributed by atoms with Crippen molar-refractivity contribution in [3.63, 3.8) is 0 Å². The van der Waals surface area contributed by atoms with E-state index in [1.165, 1.54) is 12.3 Å². The van der Waals surface area contributed by atoms with E-state index in [1.54, 1.807) is 11.2 Å². The van der Waals surface area contributed by atoms with Gasteiger partial charge in [0.25, 0.3) is 0 Å². The maximum Gasteiger partial charge on any atom is 0.419 e. The predicted molar refractivity (Wildman–Crippen MR) is 100 cm³/mol. The first-order valence-corrected chi connectivity index (χ1v) is 9.22. The monoisotopic (exact) mass is 385 g/mol. The van der Waals surface area contributed by atoms with E-state index in [4.69, 9.17) is 0 Å². The molecule has 8 heteroatoms. The van der Waals surface area contributed by atoms with Crippen LogP contribution in [0.2, 0.25) is 0 Å². The van der Waals surface area contributed by atoms with Crippen molar-refractivity contribution >= 4 is 22.5 Å². The third-order valence-electron chi connectivity index (χ3n) is 5.70. The summed E-state index contributed by atoms with van der Waals surface area (Å²) in [5.41, 5.74) is 0.239. The molecule has 0 N–H and O–H groups in total. The Morgan fingerprint density at radius 1 is 0.786 bits per heavy atom. The van der Waals surface area contributed by atoms with Crippen molar-refractivity contribution in [3.05, 3.63) is 54.5 Å². The molecule has 2 fully saturated rings. The fourth-order valence-electron chi connectivity index (χ4n) is 4.45. The third-order valence-corrected chi connectivity index (χ3v) is 5.70. The molecule has 2 unspecified atom stereocenters. The molecule has 0 spiro atoms. The minimum atomic E-state index is -4.40. The van der Waals surface area contributed by atoms with Crippen molar-refractivity contribution in [1.29, 1.82) is 0 Å². The molecule has 2 aliphatic heterocycles. The van der Waals surface area contributed by atoms with E-state index < -0.39 is 11.7 Å². The van der Waals surface area contributed by atoms with Crippen LogP contribution >= 0.6 is 0 Å². The van der Waals surface area contributed by atoms with E-state index in [0.29, 0.717) is 13.1 Å². The quantitative estimate of drug-likeness (QED) is 0.674. The van der Waals surface area contributed by atoms with Gasteiger partial charge >= 0.3 is 6.18 Å². The number of hydrogen-bond acceptors (Lipinski definition) is 5. The van der Waals surface area contributed by atoms with Gasteiger partial charge in [0, 0.05) is 49.6 Å². The fraction of sp³-hybridized carbons (Fsp3) is 0.350. The first kappa shape index (κ1) is 17.2. The number of para-hydroxylation sites is 1. The lowest BCUT2D eigenvalue weighted by Gasteiger charge is -2.25. The molecule has 2 aliphatic rings. The average molecular weight is 385 g/mol. The van der Waals surface area contributed by atoms with Crippen LogP contribution < -0.4 is 9.80 Å². The number of anilines is 2. The van der Waals surface area contributed by atoms with Crippen LogP contribution in [0.4, 0.5) is 24.8 Å². The second kappa shape index (κ2) is 6.32. The van der Waals surface area contributed by atoms with Crippen molar-refractivity contribution in [1.82, 2.24) is 15.0 Å². The summed E-state index contributed by atoms with van der Waals surface area (Å²) < 4.78 is 40.0. The number of fused-ring (bicyclic) bond motifs is 2. The topological polar surface area (TPSA) is 45.2 Å². The number of rotatable bonds is 2. The van der Waals surface area contributed by atoms with Gasteiger partial charge in [0.05, 0.1) is 11.1 Å². The van der Waals surface area contributed by atoms with Crippen LogP contribution in [0.25, 0.3) is 10.9 Å². The standard InChI is InChI=1S/C20H18F3N5/c21-20(22,23)16-5-3-7-24-19(16)28-10-13-8-27(9-14(13)11-28)18-15-4-1-2-6-17(15)25-12-26-18/h1-7,12-14H,8-11H2. The zero-order valence-electron chi connectivity index (χ0n) is 15.0. The molecule has 3 aromatic rings. The Bertz CT molecular complexity index is 1000. The number of aromatic nitrogens is 3. The van der Waals surface area contributed by atoms with E-state index in [1.807, 2.05) is 24.3 Å². The molecule has 28 heavy (non-hydrogen) atoms. The first-order valence-electron chi connectivity index (χ1n) is 9.22. The highest BCUT2D eigenvalue weighted by atomic mass is 19.4. The Balaban J connectivity index is 1.38. The lowest BCUT2D eigenvalue weighted by molar-refractivity contribution is -0.137. The zero-order valence-corrected chi connectivity index (χ0v) is 15.0. The lowest BCUT2D eigenvalue weighted by Crippen LogP contribution is -2.31. The average Bonchev–Trinajstić information content (AvgIpc) is 3.26. The van der Waals surface area contributed by atoms with Crippen LogP contribution in [0, 0.1) is 11.8 Å². The lowest BCUT2D eigenvalue weighted by atomic mass is 10.0. The summed E-state index contributed by atoms with van der Waals surface area (Å²) in [6.07, 6.45) is -1.40. The molecule has 144 valence electrons. The van der Waals surface area contributed by atoms with E-state index in [9.17, 15) is 13.2 Å². The fourth-order valence-corrected chi connectivity index (χ4v) is 4.45. The summed E-state index contributed by atoms with van der Waals surface area (Å²) in [4.78, 5) is 16.9. The Hall–Kier alpha value is -2.90. The van der Waals surface area contributed by atoms with E-state index in [0.717, 1.165) is 35.9 Å². The van der Waals surface area contributed by atoms with Crippen molar-refractivity contribution < 1.29 is 13.2 Å². The van der Waals surface area contributed by atoms with Gasteiger partial charge in [0.1, 0.15) is 18.0 Å². The highest BCUT2D eigenvalue weighted by Crippen LogP contribution is 2.40. The number of halogens is 3. The van der Waals surface area contributed by atoms with Gasteiger partial charge in [-0.25, -0.2) is 15.0 Å². The summed E-state index contributed by atoms with van der Waals surface area (Å²) in [6, 6.07) is 10.3. The number of nitrogens with zero attached hydrogens (tertiary/aromatic N) is 5. The Morgan fingerprint density at radius 2 is 1.46 bits per heavy atom. The molecule has 0 saturated carbocycles. The van der Waals surface area contributed by atoms with Crippen LogP contribution in [-0.4, -0.2) is 41.1 Å². The maximum absolute atomic E-state index is 13.3. The molecule has 2 aromatic heterocycles. The van der Waals surface area contributed by atoms with Crippen LogP contribution in [0.15, 0.2) is 48.9 Å². The third kappa shape index (κ3) is 2.83. The highest BCUT2D eigenvalue weighted by Gasteiger charge is 2.44. The van der Waals surface area contributed by atoms with Gasteiger partial charge in [-0.15, -0.1) is 0 Å². The Kier molecular flexibility index (Phi) is 3.89. The van der Waals surface area contributed by atoms with Crippen molar-refractivity contribution in [2.45, 2.75) is 6.18 Å². The van der Waals surface area contributed by atoms with Gasteiger partial charge in [-0.2, -0.15) is 13.2 Å². The minimum absolute atomic E-state index is 0.0448. The number of benzene rings is 1. The van der Waals surface area contributed by atoms with Crippen LogP contribution in [0.3, 0.4) is 0 Å². The van der Waals surface area contributed by atoms with Gasteiger partial charge < -0.3 is 9.80 Å². The van der Waals surface area contributed by atoms with E-state index in [2.05, 4.69) is 19.9 Å². The molecule has 0 bridgehead atoms. The molecule has 5 rings (SSSR count). The van der Waals surface area contributed by atoms with Gasteiger partial charge in [-0.1, -0.05) is 12.1 Å². The van der Waals surface area contributed by atoms with Crippen LogP contribution in [0.5, 0.6) is 0 Å². The Morgan fingerprint density at radius 3 is 2.18 bits per heavy atom. The van der Waals surface area contributed by atoms with E-state index >= 15 is 0 Å². The van der Waals surface area contributed by atoms with Gasteiger partial charge in [0.15, 0.2) is 0 Å². The molecule has 2 saturated heterocycles. The zero-order chi connectivity index (χ0) is 19.3. The molecule has 2 atom stereocenters. The van der Waals surface area contributed by atoms with Crippen LogP contribution in [-0.2, 0) is 6.18 Å². The summed E-state index contributed by atoms with van der Waals surface area (Å²) in [5.74, 6) is 1.53. The van der Waals surface area contributed by atoms with Crippen molar-refractivity contribution in [2.24, 2.45) is 11.8 Å². The predicted octanol–water partition coefficient (Wildman–Crippen LogP) is 3.62. The second-order valence-corrected chi connectivity index (χ2v) is 7.42. The highest BCUT2D eigenvalue weighted by molar-refractivity contribution is 5.89. The number of pyridine rings is 1. The van der Waals surface area contributed by atoms with Crippen LogP contribution in [0.1, 0.15) is 5.56 Å². The molecule has 5 nitrogen and oxygen atoms in total. The minimum Gasteiger partial charge on any atom is -0.355 e. The Labute approximate surface area is 159 Å². The van der Waals surface area contributed by atoms with Gasteiger partial charge in [-0.3, -0.25) is 0 Å². The van der Waals surface area contributed by atoms with Crippen molar-refractivity contribution in [2.75, 3.05) is 36.0 Å². The molecular formula is C20H18F3N5. The van der Waals surface area contributed by atoms with Gasteiger partial charge in [0.2, 0.25) is 0 Å². The smallest absolute Gasteiger partial charge is 0.355 e. The van der Waals surface area contributed by atoms with Gasteiger partial charge in [-0.05, 0) is 24.3 Å². The number of hydrogen-bond donors (Lipinski definition) is 0. The molecule has 4 heterocycles.